The van der Waals surface area contributed by atoms with Crippen molar-refractivity contribution in [3.05, 3.63) is 63.4 Å². The van der Waals surface area contributed by atoms with Crippen molar-refractivity contribution in [1.29, 1.82) is 0 Å². The summed E-state index contributed by atoms with van der Waals surface area (Å²) in [5.74, 6) is -1.81. The number of nitrogens with one attached hydrogen (secondary N) is 3. The van der Waals surface area contributed by atoms with Crippen molar-refractivity contribution in [2.75, 3.05) is 5.32 Å². The standard InChI is InChI=1S/C30H36Cl2FN3O3/c1-28(2,3)15-23-30(19-13-21(33)20(32)14-22(19)35-27(30)38)24(16-6-5-7-17(31)12-16)25(36-23)26(37)34-18-8-10-29(4,39)11-9-18/h5-7,12-14,18,23-25,36,39H,8-11,15H2,1-4H3,(H,34,37)(H,35,38)/t18-,23-,24+,25-,29-,30+/m1/s1. The highest BCUT2D eigenvalue weighted by Crippen LogP contribution is 2.57. The lowest BCUT2D eigenvalue weighted by Gasteiger charge is -2.38. The topological polar surface area (TPSA) is 90.5 Å². The molecule has 4 atom stereocenters. The Balaban J connectivity index is 1.64. The molecule has 2 aromatic rings. The van der Waals surface area contributed by atoms with Crippen LogP contribution < -0.4 is 16.0 Å². The van der Waals surface area contributed by atoms with E-state index in [1.807, 2.05) is 13.0 Å². The molecule has 1 saturated carbocycles. The second-order valence-corrected chi connectivity index (χ2v) is 13.8. The van der Waals surface area contributed by atoms with Gasteiger partial charge in [-0.15, -0.1) is 0 Å². The number of rotatable bonds is 4. The molecule has 2 aliphatic heterocycles. The first kappa shape index (κ1) is 28.3. The van der Waals surface area contributed by atoms with Crippen LogP contribution in [0.5, 0.6) is 0 Å². The Morgan fingerprint density at radius 2 is 1.87 bits per heavy atom. The van der Waals surface area contributed by atoms with Crippen LogP contribution in [0, 0.1) is 11.2 Å². The molecule has 0 radical (unpaired) electrons. The number of anilines is 1. The van der Waals surface area contributed by atoms with Gasteiger partial charge < -0.3 is 21.1 Å². The first-order valence-corrected chi connectivity index (χ1v) is 14.3. The van der Waals surface area contributed by atoms with E-state index in [1.165, 1.54) is 12.1 Å². The van der Waals surface area contributed by atoms with E-state index in [0.29, 0.717) is 48.4 Å². The minimum atomic E-state index is -1.28. The maximum absolute atomic E-state index is 15.0. The quantitative estimate of drug-likeness (QED) is 0.377. The molecular weight excluding hydrogens is 540 g/mol. The molecule has 4 N–H and O–H groups in total. The SMILES string of the molecule is CC(C)(C)C[C@H]1N[C@@H](C(=O)N[C@H]2CC[C@](C)(O)CC2)[C@H](c2cccc(Cl)c2)[C@@]12C(=O)Nc1cc(Cl)c(F)cc12. The first-order chi connectivity index (χ1) is 18.2. The molecule has 1 aliphatic carbocycles. The van der Waals surface area contributed by atoms with Crippen molar-refractivity contribution < 1.29 is 19.1 Å². The van der Waals surface area contributed by atoms with E-state index in [9.17, 15) is 14.7 Å². The molecule has 0 unspecified atom stereocenters. The largest absolute Gasteiger partial charge is 0.390 e. The Kier molecular flexibility index (Phi) is 7.28. The average molecular weight is 577 g/mol. The van der Waals surface area contributed by atoms with E-state index in [2.05, 4.69) is 36.7 Å². The predicted octanol–water partition coefficient (Wildman–Crippen LogP) is 5.69. The molecule has 6 nitrogen and oxygen atoms in total. The van der Waals surface area contributed by atoms with E-state index < -0.39 is 34.8 Å². The molecule has 9 heteroatoms. The molecule has 0 aromatic heterocycles. The van der Waals surface area contributed by atoms with Gasteiger partial charge >= 0.3 is 0 Å². The van der Waals surface area contributed by atoms with Gasteiger partial charge in [-0.2, -0.15) is 0 Å². The predicted molar refractivity (Wildman–Crippen MR) is 152 cm³/mol. The number of carbonyl (C=O) groups is 2. The minimum absolute atomic E-state index is 0.0776. The lowest BCUT2D eigenvalue weighted by molar-refractivity contribution is -0.125. The van der Waals surface area contributed by atoms with Gasteiger partial charge in [-0.3, -0.25) is 9.59 Å². The van der Waals surface area contributed by atoms with Gasteiger partial charge in [-0.05, 0) is 79.8 Å². The highest BCUT2D eigenvalue weighted by Gasteiger charge is 2.66. The number of hydrogen-bond donors (Lipinski definition) is 4. The highest BCUT2D eigenvalue weighted by atomic mass is 35.5. The molecule has 1 spiro atoms. The molecule has 2 fully saturated rings. The van der Waals surface area contributed by atoms with Crippen LogP contribution in [-0.2, 0) is 15.0 Å². The molecular formula is C30H36Cl2FN3O3. The third-order valence-corrected chi connectivity index (χ3v) is 9.12. The second-order valence-electron chi connectivity index (χ2n) is 12.9. The van der Waals surface area contributed by atoms with E-state index in [0.717, 1.165) is 5.56 Å². The zero-order chi connectivity index (χ0) is 28.3. The van der Waals surface area contributed by atoms with Gasteiger partial charge in [0.05, 0.1) is 16.7 Å². The van der Waals surface area contributed by atoms with Gasteiger partial charge in [0, 0.05) is 28.7 Å². The Morgan fingerprint density at radius 1 is 1.18 bits per heavy atom. The smallest absolute Gasteiger partial charge is 0.238 e. The minimum Gasteiger partial charge on any atom is -0.390 e. The van der Waals surface area contributed by atoms with Crippen LogP contribution in [-0.4, -0.2) is 40.6 Å². The molecule has 2 heterocycles. The molecule has 210 valence electrons. The van der Waals surface area contributed by atoms with Crippen molar-refractivity contribution in [3.63, 3.8) is 0 Å². The monoisotopic (exact) mass is 575 g/mol. The van der Waals surface area contributed by atoms with Crippen LogP contribution in [0.15, 0.2) is 36.4 Å². The third-order valence-electron chi connectivity index (χ3n) is 8.60. The average Bonchev–Trinajstić information content (AvgIpc) is 3.30. The molecule has 3 aliphatic rings. The van der Waals surface area contributed by atoms with E-state index in [1.54, 1.807) is 18.2 Å². The van der Waals surface area contributed by atoms with E-state index >= 15 is 4.39 Å². The van der Waals surface area contributed by atoms with Crippen LogP contribution in [0.25, 0.3) is 0 Å². The number of halogens is 3. The Morgan fingerprint density at radius 3 is 2.51 bits per heavy atom. The summed E-state index contributed by atoms with van der Waals surface area (Å²) >= 11 is 12.5. The van der Waals surface area contributed by atoms with E-state index in [4.69, 9.17) is 23.2 Å². The molecule has 2 aromatic carbocycles. The number of amides is 2. The summed E-state index contributed by atoms with van der Waals surface area (Å²) in [7, 11) is 0. The molecule has 1 saturated heterocycles. The van der Waals surface area contributed by atoms with Crippen molar-refractivity contribution in [3.8, 4) is 0 Å². The Bertz CT molecular complexity index is 1300. The summed E-state index contributed by atoms with van der Waals surface area (Å²) in [5.41, 5.74) is -0.555. The zero-order valence-electron chi connectivity index (χ0n) is 22.7. The van der Waals surface area contributed by atoms with Crippen molar-refractivity contribution in [1.82, 2.24) is 10.6 Å². The maximum atomic E-state index is 15.0. The summed E-state index contributed by atoms with van der Waals surface area (Å²) in [5, 5.41) is 20.5. The lowest BCUT2D eigenvalue weighted by Crippen LogP contribution is -2.50. The number of hydrogen-bond acceptors (Lipinski definition) is 4. The van der Waals surface area contributed by atoms with Gasteiger partial charge in [0.15, 0.2) is 0 Å². The fourth-order valence-corrected chi connectivity index (χ4v) is 7.17. The highest BCUT2D eigenvalue weighted by molar-refractivity contribution is 6.31. The van der Waals surface area contributed by atoms with Crippen LogP contribution in [0.2, 0.25) is 10.0 Å². The van der Waals surface area contributed by atoms with Gasteiger partial charge in [0.25, 0.3) is 0 Å². The van der Waals surface area contributed by atoms with Crippen LogP contribution >= 0.6 is 23.2 Å². The van der Waals surface area contributed by atoms with Gasteiger partial charge in [-0.1, -0.05) is 56.1 Å². The Hall–Kier alpha value is -2.19. The van der Waals surface area contributed by atoms with Gasteiger partial charge in [0.2, 0.25) is 11.8 Å². The molecule has 5 rings (SSSR count). The second kappa shape index (κ2) is 10.0. The van der Waals surface area contributed by atoms with Crippen LogP contribution in [0.1, 0.15) is 76.8 Å². The lowest BCUT2D eigenvalue weighted by atomic mass is 9.62. The molecule has 39 heavy (non-hydrogen) atoms. The normalized spacial score (nSPS) is 32.3. The summed E-state index contributed by atoms with van der Waals surface area (Å²) < 4.78 is 15.0. The van der Waals surface area contributed by atoms with Gasteiger partial charge in [0.1, 0.15) is 11.2 Å². The van der Waals surface area contributed by atoms with Crippen molar-refractivity contribution in [2.45, 2.75) is 94.9 Å². The third kappa shape index (κ3) is 5.19. The number of benzene rings is 2. The van der Waals surface area contributed by atoms with Crippen molar-refractivity contribution >= 4 is 40.7 Å². The number of carbonyl (C=O) groups excluding carboxylic acids is 2. The Labute approximate surface area is 239 Å². The fourth-order valence-electron chi connectivity index (χ4n) is 6.81. The van der Waals surface area contributed by atoms with E-state index in [-0.39, 0.29) is 28.3 Å². The van der Waals surface area contributed by atoms with Crippen molar-refractivity contribution in [2.24, 2.45) is 5.41 Å². The van der Waals surface area contributed by atoms with Crippen LogP contribution in [0.4, 0.5) is 10.1 Å². The first-order valence-electron chi connectivity index (χ1n) is 13.6. The summed E-state index contributed by atoms with van der Waals surface area (Å²) in [6, 6.07) is 8.64. The molecule has 0 bridgehead atoms. The molecule has 2 amide bonds. The van der Waals surface area contributed by atoms with Gasteiger partial charge in [-0.25, -0.2) is 4.39 Å². The summed E-state index contributed by atoms with van der Waals surface area (Å²) in [4.78, 5) is 28.2. The fraction of sp³-hybridized carbons (Fsp3) is 0.533. The summed E-state index contributed by atoms with van der Waals surface area (Å²) in [6.07, 6.45) is 3.07. The maximum Gasteiger partial charge on any atom is 0.238 e. The number of aliphatic hydroxyl groups is 1. The summed E-state index contributed by atoms with van der Waals surface area (Å²) in [6.45, 7) is 8.05. The number of fused-ring (bicyclic) bond motifs is 2. The van der Waals surface area contributed by atoms with Crippen LogP contribution in [0.3, 0.4) is 0 Å². The zero-order valence-corrected chi connectivity index (χ0v) is 24.2.